The number of aromatic amines is 1. The molecule has 0 aromatic carbocycles. The third kappa shape index (κ3) is 4.14. The monoisotopic (exact) mass is 356 g/mol. The third-order valence-corrected chi connectivity index (χ3v) is 4.90. The number of anilines is 1. The van der Waals surface area contributed by atoms with Crippen LogP contribution in [0.15, 0.2) is 30.5 Å². The molecule has 1 saturated heterocycles. The maximum absolute atomic E-state index is 12.3. The van der Waals surface area contributed by atoms with Gasteiger partial charge in [0.15, 0.2) is 0 Å². The maximum Gasteiger partial charge on any atom is 0.142 e. The number of H-pyrrole nitrogens is 1. The van der Waals surface area contributed by atoms with Crippen LogP contribution in [-0.4, -0.2) is 34.7 Å². The van der Waals surface area contributed by atoms with Crippen LogP contribution in [0.2, 0.25) is 0 Å². The van der Waals surface area contributed by atoms with Crippen LogP contribution in [0.4, 0.5) is 10.2 Å². The van der Waals surface area contributed by atoms with Gasteiger partial charge in [-0.1, -0.05) is 20.3 Å². The van der Waals surface area contributed by atoms with Crippen molar-refractivity contribution in [3.63, 3.8) is 0 Å². The van der Waals surface area contributed by atoms with Gasteiger partial charge in [-0.2, -0.15) is 0 Å². The molecule has 1 N–H and O–H groups in total. The summed E-state index contributed by atoms with van der Waals surface area (Å²) in [5, 5.41) is 2.24. The first-order valence-electron chi connectivity index (χ1n) is 9.81. The zero-order chi connectivity index (χ0) is 18.4. The van der Waals surface area contributed by atoms with Gasteiger partial charge in [0, 0.05) is 30.1 Å². The molecule has 0 bridgehead atoms. The van der Waals surface area contributed by atoms with Crippen molar-refractivity contribution >= 4 is 27.9 Å². The van der Waals surface area contributed by atoms with Crippen LogP contribution in [0.25, 0.3) is 22.1 Å². The van der Waals surface area contributed by atoms with Gasteiger partial charge in [-0.15, -0.1) is 0 Å². The number of fused-ring (bicyclic) bond motifs is 3. The molecule has 1 aliphatic rings. The predicted octanol–water partition coefficient (Wildman–Crippen LogP) is 5.49. The molecule has 0 spiro atoms. The van der Waals surface area contributed by atoms with Crippen LogP contribution < -0.4 is 4.90 Å². The van der Waals surface area contributed by atoms with Gasteiger partial charge < -0.3 is 9.88 Å². The number of pyridine rings is 2. The lowest BCUT2D eigenvalue weighted by Crippen LogP contribution is -2.34. The van der Waals surface area contributed by atoms with E-state index in [4.69, 9.17) is 4.98 Å². The van der Waals surface area contributed by atoms with Crippen molar-refractivity contribution in [2.75, 3.05) is 24.7 Å². The average molecular weight is 356 g/mol. The number of alkyl halides is 1. The maximum atomic E-state index is 12.3. The Morgan fingerprint density at radius 1 is 1.12 bits per heavy atom. The Bertz CT molecular complexity index is 821. The van der Waals surface area contributed by atoms with Crippen molar-refractivity contribution in [3.8, 4) is 0 Å². The van der Waals surface area contributed by atoms with E-state index < -0.39 is 0 Å². The molecule has 5 heteroatoms. The highest BCUT2D eigenvalue weighted by Crippen LogP contribution is 2.28. The second kappa shape index (κ2) is 8.97. The number of piperidine rings is 1. The summed E-state index contributed by atoms with van der Waals surface area (Å²) in [6.45, 7) is 6.08. The third-order valence-electron chi connectivity index (χ3n) is 4.90. The first-order chi connectivity index (χ1) is 12.8. The zero-order valence-electron chi connectivity index (χ0n) is 15.8. The van der Waals surface area contributed by atoms with Gasteiger partial charge in [0.05, 0.1) is 6.67 Å². The summed E-state index contributed by atoms with van der Waals surface area (Å²) in [5.74, 6) is 1.69. The standard InChI is InChI=1S/C18H21FN4.C3H8/c19-9-1-3-13-7-11-23(12-8-13)16-6-5-15-14-4-2-10-20-17(14)22-18(15)21-16;1-3-2/h2,4-6,10,13H,1,3,7-9,11-12H2,(H,20,21,22);3H2,1-2H3. The topological polar surface area (TPSA) is 44.8 Å². The fourth-order valence-electron chi connectivity index (χ4n) is 3.59. The van der Waals surface area contributed by atoms with Gasteiger partial charge in [-0.25, -0.2) is 9.97 Å². The minimum absolute atomic E-state index is 0.188. The average Bonchev–Trinajstić information content (AvgIpc) is 3.05. The van der Waals surface area contributed by atoms with Gasteiger partial charge in [-0.05, 0) is 55.9 Å². The molecule has 1 fully saturated rings. The Balaban J connectivity index is 0.000000613. The second-order valence-corrected chi connectivity index (χ2v) is 7.06. The number of hydrogen-bond acceptors (Lipinski definition) is 3. The molecule has 140 valence electrons. The molecule has 0 saturated carbocycles. The Hall–Kier alpha value is -2.17. The van der Waals surface area contributed by atoms with Crippen molar-refractivity contribution in [1.82, 2.24) is 15.0 Å². The zero-order valence-corrected chi connectivity index (χ0v) is 15.8. The number of rotatable bonds is 4. The fourth-order valence-corrected chi connectivity index (χ4v) is 3.59. The van der Waals surface area contributed by atoms with Crippen LogP contribution >= 0.6 is 0 Å². The van der Waals surface area contributed by atoms with E-state index in [1.54, 1.807) is 6.20 Å². The van der Waals surface area contributed by atoms with Crippen molar-refractivity contribution in [3.05, 3.63) is 30.5 Å². The fraction of sp³-hybridized carbons (Fsp3) is 0.524. The number of halogens is 1. The first kappa shape index (κ1) is 18.6. The Morgan fingerprint density at radius 2 is 1.85 bits per heavy atom. The van der Waals surface area contributed by atoms with Crippen LogP contribution in [0, 0.1) is 5.92 Å². The summed E-state index contributed by atoms with van der Waals surface area (Å²) < 4.78 is 12.3. The summed E-state index contributed by atoms with van der Waals surface area (Å²) in [6.07, 6.45) is 7.03. The molecular weight excluding hydrogens is 327 g/mol. The SMILES string of the molecule is CCC.FCCCC1CCN(c2ccc3c(n2)[nH]c2ncccc23)CC1. The predicted molar refractivity (Wildman–Crippen MR) is 108 cm³/mol. The molecule has 4 nitrogen and oxygen atoms in total. The quantitative estimate of drug-likeness (QED) is 0.672. The molecule has 26 heavy (non-hydrogen) atoms. The van der Waals surface area contributed by atoms with E-state index in [-0.39, 0.29) is 6.67 Å². The van der Waals surface area contributed by atoms with E-state index in [0.717, 1.165) is 60.2 Å². The summed E-state index contributed by atoms with van der Waals surface area (Å²) in [7, 11) is 0. The molecule has 3 aromatic heterocycles. The van der Waals surface area contributed by atoms with Gasteiger partial charge >= 0.3 is 0 Å². The smallest absolute Gasteiger partial charge is 0.142 e. The van der Waals surface area contributed by atoms with E-state index in [9.17, 15) is 4.39 Å². The highest BCUT2D eigenvalue weighted by atomic mass is 19.1. The van der Waals surface area contributed by atoms with Gasteiger partial charge in [0.1, 0.15) is 17.1 Å². The van der Waals surface area contributed by atoms with E-state index in [1.165, 1.54) is 6.42 Å². The molecular formula is C21H29FN4. The van der Waals surface area contributed by atoms with Crippen LogP contribution in [-0.2, 0) is 0 Å². The first-order valence-corrected chi connectivity index (χ1v) is 9.81. The van der Waals surface area contributed by atoms with Crippen molar-refractivity contribution in [1.29, 1.82) is 0 Å². The molecule has 0 amide bonds. The lowest BCUT2D eigenvalue weighted by molar-refractivity contribution is 0.346. The normalized spacial score (nSPS) is 15.3. The van der Waals surface area contributed by atoms with E-state index in [2.05, 4.69) is 46.9 Å². The lowest BCUT2D eigenvalue weighted by atomic mass is 9.92. The van der Waals surface area contributed by atoms with Crippen molar-refractivity contribution < 1.29 is 4.39 Å². The number of hydrogen-bond donors (Lipinski definition) is 1. The summed E-state index contributed by atoms with van der Waals surface area (Å²) in [5.41, 5.74) is 1.79. The summed E-state index contributed by atoms with van der Waals surface area (Å²) in [4.78, 5) is 14.8. The van der Waals surface area contributed by atoms with E-state index in [1.807, 2.05) is 6.07 Å². The lowest BCUT2D eigenvalue weighted by Gasteiger charge is -2.32. The number of nitrogens with zero attached hydrogens (tertiary/aromatic N) is 3. The molecule has 0 radical (unpaired) electrons. The summed E-state index contributed by atoms with van der Waals surface area (Å²) in [6, 6.07) is 8.25. The molecule has 3 aromatic rings. The minimum Gasteiger partial charge on any atom is -0.357 e. The highest BCUT2D eigenvalue weighted by Gasteiger charge is 2.20. The van der Waals surface area contributed by atoms with Crippen LogP contribution in [0.3, 0.4) is 0 Å². The minimum atomic E-state index is -0.188. The largest absolute Gasteiger partial charge is 0.357 e. The van der Waals surface area contributed by atoms with Crippen molar-refractivity contribution in [2.24, 2.45) is 5.92 Å². The van der Waals surface area contributed by atoms with Crippen LogP contribution in [0.1, 0.15) is 46.0 Å². The Kier molecular flexibility index (Phi) is 6.42. The molecule has 1 aliphatic heterocycles. The van der Waals surface area contributed by atoms with E-state index in [0.29, 0.717) is 12.3 Å². The highest BCUT2D eigenvalue weighted by molar-refractivity contribution is 6.04. The van der Waals surface area contributed by atoms with Gasteiger partial charge in [0.2, 0.25) is 0 Å². The Morgan fingerprint density at radius 3 is 2.58 bits per heavy atom. The summed E-state index contributed by atoms with van der Waals surface area (Å²) >= 11 is 0. The molecule has 0 atom stereocenters. The molecule has 4 rings (SSSR count). The number of nitrogens with one attached hydrogen (secondary N) is 1. The molecule has 0 aliphatic carbocycles. The molecule has 4 heterocycles. The van der Waals surface area contributed by atoms with Crippen LogP contribution in [0.5, 0.6) is 0 Å². The number of aromatic nitrogens is 3. The Labute approximate surface area is 154 Å². The molecule has 0 unspecified atom stereocenters. The second-order valence-electron chi connectivity index (χ2n) is 7.06. The van der Waals surface area contributed by atoms with E-state index >= 15 is 0 Å². The van der Waals surface area contributed by atoms with Gasteiger partial charge in [-0.3, -0.25) is 4.39 Å². The van der Waals surface area contributed by atoms with Gasteiger partial charge in [0.25, 0.3) is 0 Å². The van der Waals surface area contributed by atoms with Crippen molar-refractivity contribution in [2.45, 2.75) is 46.0 Å².